The number of ether oxygens (including phenoxy) is 2. The second kappa shape index (κ2) is 9.82. The van der Waals surface area contributed by atoms with Gasteiger partial charge in [0.2, 0.25) is 0 Å². The maximum absolute atomic E-state index is 13.7. The van der Waals surface area contributed by atoms with Crippen LogP contribution in [0.1, 0.15) is 37.7 Å². The number of halogens is 3. The highest BCUT2D eigenvalue weighted by molar-refractivity contribution is 7.92. The highest BCUT2D eigenvalue weighted by atomic mass is 32.2. The molecule has 204 valence electrons. The predicted octanol–water partition coefficient (Wildman–Crippen LogP) is 3.46. The Morgan fingerprint density at radius 3 is 2.55 bits per heavy atom. The minimum absolute atomic E-state index is 0.0355. The summed E-state index contributed by atoms with van der Waals surface area (Å²) in [6.07, 6.45) is -5.86. The fraction of sp³-hybridized carbons (Fsp3) is 0.375. The molecule has 0 saturated carbocycles. The molecule has 10 nitrogen and oxygen atoms in total. The number of anilines is 1. The fourth-order valence-corrected chi connectivity index (χ4v) is 5.41. The van der Waals surface area contributed by atoms with Gasteiger partial charge in [-0.3, -0.25) is 18.6 Å². The van der Waals surface area contributed by atoms with E-state index in [0.717, 1.165) is 22.5 Å². The number of esters is 1. The number of alkyl halides is 3. The molecular weight excluding hydrogens is 531 g/mol. The zero-order chi connectivity index (χ0) is 27.9. The normalized spacial score (nSPS) is 16.1. The fourth-order valence-electron chi connectivity index (χ4n) is 3.87. The molecule has 1 N–H and O–H groups in total. The highest BCUT2D eigenvalue weighted by Gasteiger charge is 2.37. The third-order valence-electron chi connectivity index (χ3n) is 5.38. The summed E-state index contributed by atoms with van der Waals surface area (Å²) in [6, 6.07) is 7.83. The number of carbonyl (C=O) groups excluding carboxylic acids is 1. The largest absolute Gasteiger partial charge is 0.486 e. The molecule has 0 aliphatic carbocycles. The van der Waals surface area contributed by atoms with E-state index in [-0.39, 0.29) is 36.6 Å². The lowest BCUT2D eigenvalue weighted by molar-refractivity contribution is -0.153. The number of sulfonamides is 1. The minimum atomic E-state index is -4.75. The van der Waals surface area contributed by atoms with Crippen molar-refractivity contribution in [2.75, 3.05) is 10.8 Å². The Labute approximate surface area is 215 Å². The first-order valence-corrected chi connectivity index (χ1v) is 12.8. The van der Waals surface area contributed by atoms with Gasteiger partial charge in [0.05, 0.1) is 29.1 Å². The molecule has 1 aliphatic rings. The standard InChI is InChI=1S/C24H24F3N3O7S/c1-23(2,3)36-21(31)10-14-7-8-19-18(9-14)30(13-16(35-19)12-20-28-22(32)37-29-20)38(33,34)17-6-4-5-15(11-17)24(25,26)27/h4-9,11,16H,10,12-13H2,1-3H3,(H,28,29,32)/t16-/m0/s1. The van der Waals surface area contributed by atoms with Crippen molar-refractivity contribution in [2.24, 2.45) is 0 Å². The van der Waals surface area contributed by atoms with Gasteiger partial charge in [0.1, 0.15) is 17.5 Å². The molecule has 3 aromatic rings. The van der Waals surface area contributed by atoms with Crippen molar-refractivity contribution in [3.63, 3.8) is 0 Å². The number of benzene rings is 2. The van der Waals surface area contributed by atoms with Crippen LogP contribution in [-0.2, 0) is 38.6 Å². The van der Waals surface area contributed by atoms with Crippen molar-refractivity contribution in [3.05, 3.63) is 70.0 Å². The van der Waals surface area contributed by atoms with Crippen molar-refractivity contribution in [3.8, 4) is 5.75 Å². The van der Waals surface area contributed by atoms with Crippen LogP contribution in [0.25, 0.3) is 0 Å². The molecule has 1 aromatic heterocycles. The van der Waals surface area contributed by atoms with Crippen LogP contribution in [-0.4, -0.2) is 42.8 Å². The maximum atomic E-state index is 13.7. The lowest BCUT2D eigenvalue weighted by atomic mass is 10.1. The van der Waals surface area contributed by atoms with Crippen LogP contribution in [0.5, 0.6) is 5.75 Å². The molecule has 2 aromatic carbocycles. The van der Waals surface area contributed by atoms with E-state index < -0.39 is 50.1 Å². The second-order valence-corrected chi connectivity index (χ2v) is 11.5. The van der Waals surface area contributed by atoms with Crippen molar-refractivity contribution in [1.82, 2.24) is 10.1 Å². The van der Waals surface area contributed by atoms with Gasteiger partial charge >= 0.3 is 17.9 Å². The molecule has 1 aliphatic heterocycles. The van der Waals surface area contributed by atoms with Crippen LogP contribution < -0.4 is 14.8 Å². The number of H-pyrrole nitrogens is 1. The topological polar surface area (TPSA) is 132 Å². The van der Waals surface area contributed by atoms with E-state index in [1.54, 1.807) is 26.8 Å². The lowest BCUT2D eigenvalue weighted by Gasteiger charge is -2.35. The number of aromatic nitrogens is 2. The Kier molecular flexibility index (Phi) is 7.03. The number of hydrogen-bond donors (Lipinski definition) is 1. The molecule has 0 saturated heterocycles. The molecule has 1 atom stereocenters. The van der Waals surface area contributed by atoms with Gasteiger partial charge in [0.25, 0.3) is 10.0 Å². The van der Waals surface area contributed by atoms with Crippen molar-refractivity contribution < 1.29 is 40.4 Å². The first-order chi connectivity index (χ1) is 17.6. The molecule has 0 fully saturated rings. The zero-order valence-electron chi connectivity index (χ0n) is 20.5. The zero-order valence-corrected chi connectivity index (χ0v) is 21.4. The molecule has 4 rings (SSSR count). The average Bonchev–Trinajstić information content (AvgIpc) is 3.21. The number of rotatable bonds is 6. The van der Waals surface area contributed by atoms with Gasteiger partial charge in [-0.05, 0) is 56.7 Å². The molecule has 0 unspecified atom stereocenters. The van der Waals surface area contributed by atoms with Crippen LogP contribution in [0.2, 0.25) is 0 Å². The summed E-state index contributed by atoms with van der Waals surface area (Å²) < 4.78 is 83.9. The second-order valence-electron chi connectivity index (χ2n) is 9.61. The first-order valence-electron chi connectivity index (χ1n) is 11.4. The minimum Gasteiger partial charge on any atom is -0.486 e. The monoisotopic (exact) mass is 555 g/mol. The molecule has 0 spiro atoms. The van der Waals surface area contributed by atoms with Gasteiger partial charge in [0.15, 0.2) is 5.82 Å². The highest BCUT2D eigenvalue weighted by Crippen LogP contribution is 2.39. The third kappa shape index (κ3) is 6.18. The van der Waals surface area contributed by atoms with Crippen molar-refractivity contribution >= 4 is 21.7 Å². The van der Waals surface area contributed by atoms with Crippen LogP contribution >= 0.6 is 0 Å². The van der Waals surface area contributed by atoms with Gasteiger partial charge < -0.3 is 9.47 Å². The molecule has 14 heteroatoms. The van der Waals surface area contributed by atoms with Gasteiger partial charge in [-0.2, -0.15) is 13.2 Å². The van der Waals surface area contributed by atoms with E-state index in [0.29, 0.717) is 11.6 Å². The predicted molar refractivity (Wildman–Crippen MR) is 127 cm³/mol. The van der Waals surface area contributed by atoms with Crippen LogP contribution in [0.15, 0.2) is 56.7 Å². The molecule has 38 heavy (non-hydrogen) atoms. The number of fused-ring (bicyclic) bond motifs is 1. The maximum Gasteiger partial charge on any atom is 0.438 e. The SMILES string of the molecule is CC(C)(C)OC(=O)Cc1ccc2c(c1)N(S(=O)(=O)c1cccc(C(F)(F)F)c1)C[C@H](Cc1noc(=O)[nH]1)O2. The molecule has 0 amide bonds. The summed E-state index contributed by atoms with van der Waals surface area (Å²) >= 11 is 0. The summed E-state index contributed by atoms with van der Waals surface area (Å²) in [7, 11) is -4.53. The van der Waals surface area contributed by atoms with E-state index in [4.69, 9.17) is 9.47 Å². The van der Waals surface area contributed by atoms with Crippen LogP contribution in [0.3, 0.4) is 0 Å². The van der Waals surface area contributed by atoms with Gasteiger partial charge in [-0.1, -0.05) is 17.3 Å². The van der Waals surface area contributed by atoms with Gasteiger partial charge in [-0.25, -0.2) is 13.2 Å². The van der Waals surface area contributed by atoms with Crippen molar-refractivity contribution in [2.45, 2.75) is 56.4 Å². The Bertz CT molecular complexity index is 1510. The van der Waals surface area contributed by atoms with Crippen LogP contribution in [0, 0.1) is 0 Å². The Morgan fingerprint density at radius 1 is 1.18 bits per heavy atom. The van der Waals surface area contributed by atoms with E-state index in [1.807, 2.05) is 0 Å². The van der Waals surface area contributed by atoms with Crippen molar-refractivity contribution in [1.29, 1.82) is 0 Å². The Morgan fingerprint density at radius 2 is 1.92 bits per heavy atom. The Balaban J connectivity index is 1.74. The summed E-state index contributed by atoms with van der Waals surface area (Å²) in [5.74, 6) is -1.15. The number of aromatic amines is 1. The quantitative estimate of drug-likeness (QED) is 0.458. The summed E-state index contributed by atoms with van der Waals surface area (Å²) in [5.41, 5.74) is -1.41. The summed E-state index contributed by atoms with van der Waals surface area (Å²) in [5, 5.41) is 3.56. The summed E-state index contributed by atoms with van der Waals surface area (Å²) in [4.78, 5) is 25.4. The smallest absolute Gasteiger partial charge is 0.438 e. The molecule has 0 bridgehead atoms. The Hall–Kier alpha value is -3.81. The molecule has 0 radical (unpaired) electrons. The van der Waals surface area contributed by atoms with E-state index >= 15 is 0 Å². The average molecular weight is 556 g/mol. The van der Waals surface area contributed by atoms with Crippen LogP contribution in [0.4, 0.5) is 18.9 Å². The third-order valence-corrected chi connectivity index (χ3v) is 7.15. The number of nitrogens with zero attached hydrogens (tertiary/aromatic N) is 2. The lowest BCUT2D eigenvalue weighted by Crippen LogP contribution is -2.44. The summed E-state index contributed by atoms with van der Waals surface area (Å²) in [6.45, 7) is 4.79. The van der Waals surface area contributed by atoms with E-state index in [9.17, 15) is 31.2 Å². The number of hydrogen-bond acceptors (Lipinski definition) is 8. The van der Waals surface area contributed by atoms with Gasteiger partial charge in [0, 0.05) is 6.42 Å². The number of carbonyl (C=O) groups is 1. The first kappa shape index (κ1) is 27.2. The van der Waals surface area contributed by atoms with E-state index in [1.165, 1.54) is 12.1 Å². The molecular formula is C24H24F3N3O7S. The number of nitrogens with one attached hydrogen (secondary N) is 1. The van der Waals surface area contributed by atoms with E-state index in [2.05, 4.69) is 14.7 Å². The molecule has 2 heterocycles. The van der Waals surface area contributed by atoms with Gasteiger partial charge in [-0.15, -0.1) is 0 Å².